The van der Waals surface area contributed by atoms with Gasteiger partial charge < -0.3 is 5.32 Å². The van der Waals surface area contributed by atoms with Gasteiger partial charge in [-0.15, -0.1) is 11.3 Å². The van der Waals surface area contributed by atoms with Gasteiger partial charge in [-0.25, -0.2) is 9.97 Å². The number of aryl methyl sites for hydroxylation is 1. The van der Waals surface area contributed by atoms with Gasteiger partial charge in [0.2, 0.25) is 0 Å². The Morgan fingerprint density at radius 1 is 1.21 bits per heavy atom. The first-order valence-corrected chi connectivity index (χ1v) is 8.76. The van der Waals surface area contributed by atoms with Crippen LogP contribution in [0.2, 0.25) is 4.34 Å². The molecule has 2 aromatic heterocycles. The van der Waals surface area contributed by atoms with Crippen LogP contribution in [0.3, 0.4) is 0 Å². The number of hydrogen-bond acceptors (Lipinski definition) is 5. The molecule has 122 valence electrons. The minimum absolute atomic E-state index is 0.594. The lowest BCUT2D eigenvalue weighted by molar-refractivity contribution is 0.112. The van der Waals surface area contributed by atoms with Crippen LogP contribution in [-0.4, -0.2) is 16.3 Å². The summed E-state index contributed by atoms with van der Waals surface area (Å²) in [5.41, 5.74) is 3.27. The maximum atomic E-state index is 11.2. The molecule has 4 nitrogen and oxygen atoms in total. The molecule has 0 unspecified atom stereocenters. The number of carbonyl (C=O) groups excluding carboxylic acids is 1. The zero-order valence-corrected chi connectivity index (χ0v) is 14.9. The van der Waals surface area contributed by atoms with Crippen LogP contribution in [0.15, 0.2) is 36.4 Å². The number of para-hydroxylation sites is 1. The van der Waals surface area contributed by atoms with E-state index in [9.17, 15) is 4.79 Å². The molecule has 2 heterocycles. The number of benzene rings is 1. The van der Waals surface area contributed by atoms with Gasteiger partial charge in [-0.1, -0.05) is 30.7 Å². The average Bonchev–Trinajstić information content (AvgIpc) is 3.01. The number of rotatable bonds is 5. The first-order valence-electron chi connectivity index (χ1n) is 7.56. The topological polar surface area (TPSA) is 54.9 Å². The fraction of sp³-hybridized carbons (Fsp3) is 0.167. The third-order valence-corrected chi connectivity index (χ3v) is 4.93. The highest BCUT2D eigenvalue weighted by Crippen LogP contribution is 2.32. The molecule has 3 aromatic rings. The second-order valence-corrected chi connectivity index (χ2v) is 6.96. The molecule has 0 aliphatic rings. The van der Waals surface area contributed by atoms with E-state index in [2.05, 4.69) is 22.2 Å². The minimum Gasteiger partial charge on any atom is -0.339 e. The van der Waals surface area contributed by atoms with Crippen molar-refractivity contribution in [3.8, 4) is 10.7 Å². The number of halogens is 1. The quantitative estimate of drug-likeness (QED) is 0.631. The summed E-state index contributed by atoms with van der Waals surface area (Å²) in [4.78, 5) is 21.4. The van der Waals surface area contributed by atoms with Crippen molar-refractivity contribution in [2.45, 2.75) is 20.3 Å². The first-order chi connectivity index (χ1) is 11.6. The molecule has 0 saturated heterocycles. The molecular weight excluding hydrogens is 342 g/mol. The van der Waals surface area contributed by atoms with Crippen molar-refractivity contribution in [1.29, 1.82) is 0 Å². The van der Waals surface area contributed by atoms with Crippen molar-refractivity contribution in [3.05, 3.63) is 57.6 Å². The Bertz CT molecular complexity index is 892. The number of nitrogens with zero attached hydrogens (tertiary/aromatic N) is 2. The number of thiophene rings is 1. The third kappa shape index (κ3) is 3.32. The van der Waals surface area contributed by atoms with Gasteiger partial charge in [0.25, 0.3) is 0 Å². The van der Waals surface area contributed by atoms with Crippen molar-refractivity contribution < 1.29 is 4.79 Å². The number of nitrogens with one attached hydrogen (secondary N) is 1. The van der Waals surface area contributed by atoms with Crippen LogP contribution < -0.4 is 5.32 Å². The van der Waals surface area contributed by atoms with E-state index in [0.717, 1.165) is 40.3 Å². The van der Waals surface area contributed by atoms with Gasteiger partial charge in [0.05, 0.1) is 14.9 Å². The SMILES string of the molecule is CCc1c(C)nc(-c2ccc(Cl)s2)nc1Nc1ccccc1C=O. The fourth-order valence-corrected chi connectivity index (χ4v) is 3.49. The van der Waals surface area contributed by atoms with Gasteiger partial charge >= 0.3 is 0 Å². The molecule has 6 heteroatoms. The monoisotopic (exact) mass is 357 g/mol. The van der Waals surface area contributed by atoms with Crippen molar-refractivity contribution in [2.24, 2.45) is 0 Å². The second kappa shape index (κ2) is 7.11. The van der Waals surface area contributed by atoms with Crippen LogP contribution >= 0.6 is 22.9 Å². The molecule has 0 fully saturated rings. The molecule has 0 aliphatic carbocycles. The summed E-state index contributed by atoms with van der Waals surface area (Å²) in [6.07, 6.45) is 1.63. The molecule has 3 rings (SSSR count). The molecule has 0 spiro atoms. The van der Waals surface area contributed by atoms with Crippen LogP contribution in [0, 0.1) is 6.92 Å². The number of aldehydes is 1. The first kappa shape index (κ1) is 16.6. The van der Waals surface area contributed by atoms with Crippen LogP contribution in [0.4, 0.5) is 11.5 Å². The number of carbonyl (C=O) groups is 1. The second-order valence-electron chi connectivity index (χ2n) is 5.25. The largest absolute Gasteiger partial charge is 0.339 e. The molecule has 0 bridgehead atoms. The van der Waals surface area contributed by atoms with Crippen LogP contribution in [0.1, 0.15) is 28.5 Å². The molecule has 0 atom stereocenters. The van der Waals surface area contributed by atoms with E-state index in [-0.39, 0.29) is 0 Å². The lowest BCUT2D eigenvalue weighted by Crippen LogP contribution is -2.06. The zero-order chi connectivity index (χ0) is 17.1. The van der Waals surface area contributed by atoms with E-state index in [4.69, 9.17) is 11.6 Å². The highest BCUT2D eigenvalue weighted by molar-refractivity contribution is 7.19. The Balaban J connectivity index is 2.08. The van der Waals surface area contributed by atoms with Gasteiger partial charge in [0.1, 0.15) is 5.82 Å². The maximum absolute atomic E-state index is 11.2. The Morgan fingerprint density at radius 2 is 2.00 bits per heavy atom. The number of anilines is 2. The predicted molar refractivity (Wildman–Crippen MR) is 99.6 cm³/mol. The molecule has 0 aliphatic heterocycles. The normalized spacial score (nSPS) is 10.6. The maximum Gasteiger partial charge on any atom is 0.171 e. The molecular formula is C18H16ClN3OS. The van der Waals surface area contributed by atoms with E-state index in [1.807, 2.05) is 37.3 Å². The van der Waals surface area contributed by atoms with Gasteiger partial charge in [-0.3, -0.25) is 4.79 Å². The van der Waals surface area contributed by atoms with Crippen LogP contribution in [-0.2, 0) is 6.42 Å². The third-order valence-electron chi connectivity index (χ3n) is 3.70. The van der Waals surface area contributed by atoms with Gasteiger partial charge in [-0.05, 0) is 37.6 Å². The van der Waals surface area contributed by atoms with E-state index in [1.165, 1.54) is 11.3 Å². The van der Waals surface area contributed by atoms with Crippen molar-refractivity contribution in [2.75, 3.05) is 5.32 Å². The Hall–Kier alpha value is -2.24. The smallest absolute Gasteiger partial charge is 0.171 e. The summed E-state index contributed by atoms with van der Waals surface area (Å²) in [6.45, 7) is 4.03. The summed E-state index contributed by atoms with van der Waals surface area (Å²) in [7, 11) is 0. The van der Waals surface area contributed by atoms with Gasteiger partial charge in [0, 0.05) is 16.8 Å². The van der Waals surface area contributed by atoms with E-state index in [0.29, 0.717) is 15.7 Å². The Labute approximate surface area is 149 Å². The Morgan fingerprint density at radius 3 is 2.67 bits per heavy atom. The molecule has 0 radical (unpaired) electrons. The van der Waals surface area contributed by atoms with E-state index in [1.54, 1.807) is 6.07 Å². The molecule has 0 amide bonds. The molecule has 0 saturated carbocycles. The summed E-state index contributed by atoms with van der Waals surface area (Å²) in [5, 5.41) is 3.29. The summed E-state index contributed by atoms with van der Waals surface area (Å²) in [6, 6.07) is 11.1. The summed E-state index contributed by atoms with van der Waals surface area (Å²) in [5.74, 6) is 1.35. The van der Waals surface area contributed by atoms with Gasteiger partial charge in [-0.2, -0.15) is 0 Å². The minimum atomic E-state index is 0.594. The number of aromatic nitrogens is 2. The Kier molecular flexibility index (Phi) is 4.92. The summed E-state index contributed by atoms with van der Waals surface area (Å²) < 4.78 is 0.701. The summed E-state index contributed by atoms with van der Waals surface area (Å²) >= 11 is 7.47. The average molecular weight is 358 g/mol. The van der Waals surface area contributed by atoms with Crippen molar-refractivity contribution >= 4 is 40.7 Å². The van der Waals surface area contributed by atoms with Crippen LogP contribution in [0.5, 0.6) is 0 Å². The highest BCUT2D eigenvalue weighted by Gasteiger charge is 2.14. The van der Waals surface area contributed by atoms with Gasteiger partial charge in [0.15, 0.2) is 12.1 Å². The zero-order valence-electron chi connectivity index (χ0n) is 13.3. The number of hydrogen-bond donors (Lipinski definition) is 1. The van der Waals surface area contributed by atoms with Crippen LogP contribution in [0.25, 0.3) is 10.7 Å². The highest BCUT2D eigenvalue weighted by atomic mass is 35.5. The van der Waals surface area contributed by atoms with E-state index >= 15 is 0 Å². The predicted octanol–water partition coefficient (Wildman–Crippen LogP) is 5.29. The molecule has 1 aromatic carbocycles. The van der Waals surface area contributed by atoms with Crippen molar-refractivity contribution in [1.82, 2.24) is 9.97 Å². The standard InChI is InChI=1S/C18H16ClN3OS/c1-3-13-11(2)20-18(15-8-9-16(19)24-15)22-17(13)21-14-7-5-4-6-12(14)10-23/h4-10H,3H2,1-2H3,(H,20,21,22). The van der Waals surface area contributed by atoms with E-state index < -0.39 is 0 Å². The fourth-order valence-electron chi connectivity index (χ4n) is 2.51. The van der Waals surface area contributed by atoms with Crippen molar-refractivity contribution in [3.63, 3.8) is 0 Å². The molecule has 24 heavy (non-hydrogen) atoms. The molecule has 1 N–H and O–H groups in total. The lowest BCUT2D eigenvalue weighted by atomic mass is 10.1. The lowest BCUT2D eigenvalue weighted by Gasteiger charge is -2.14.